The van der Waals surface area contributed by atoms with Gasteiger partial charge in [-0.1, -0.05) is 65.2 Å². The minimum absolute atomic E-state index is 0.177. The number of carbonyl (C=O) groups excluding carboxylic acids is 3. The maximum Gasteiger partial charge on any atom is 0.335 e. The van der Waals surface area contributed by atoms with E-state index in [1.54, 1.807) is 24.3 Å². The summed E-state index contributed by atoms with van der Waals surface area (Å²) >= 11 is 11.9. The van der Waals surface area contributed by atoms with Crippen LogP contribution in [0.4, 0.5) is 10.5 Å². The summed E-state index contributed by atoms with van der Waals surface area (Å²) in [5.74, 6) is -0.980. The predicted molar refractivity (Wildman–Crippen MR) is 127 cm³/mol. The Bertz CT molecular complexity index is 1290. The number of rotatable bonds is 5. The van der Waals surface area contributed by atoms with Gasteiger partial charge >= 0.3 is 6.03 Å². The zero-order chi connectivity index (χ0) is 23.5. The molecule has 0 aromatic heterocycles. The van der Waals surface area contributed by atoms with Gasteiger partial charge in [-0.2, -0.15) is 0 Å². The molecular formula is C25H18Cl2N2O4. The molecule has 1 fully saturated rings. The van der Waals surface area contributed by atoms with Crippen molar-refractivity contribution < 1.29 is 19.1 Å². The fourth-order valence-electron chi connectivity index (χ4n) is 3.23. The normalized spacial score (nSPS) is 15.1. The van der Waals surface area contributed by atoms with Gasteiger partial charge in [0.15, 0.2) is 0 Å². The van der Waals surface area contributed by atoms with Crippen molar-refractivity contribution in [3.05, 3.63) is 99.0 Å². The van der Waals surface area contributed by atoms with E-state index in [1.165, 1.54) is 24.3 Å². The Morgan fingerprint density at radius 3 is 2.42 bits per heavy atom. The van der Waals surface area contributed by atoms with Gasteiger partial charge in [0, 0.05) is 0 Å². The Hall–Kier alpha value is -3.61. The number of urea groups is 1. The highest BCUT2D eigenvalue weighted by Crippen LogP contribution is 2.29. The third-order valence-corrected chi connectivity index (χ3v) is 5.70. The van der Waals surface area contributed by atoms with Crippen molar-refractivity contribution in [1.29, 1.82) is 0 Å². The zero-order valence-electron chi connectivity index (χ0n) is 17.5. The van der Waals surface area contributed by atoms with Gasteiger partial charge in [-0.3, -0.25) is 14.9 Å². The monoisotopic (exact) mass is 480 g/mol. The lowest BCUT2D eigenvalue weighted by molar-refractivity contribution is -0.122. The van der Waals surface area contributed by atoms with Gasteiger partial charge in [0.1, 0.15) is 17.9 Å². The van der Waals surface area contributed by atoms with Crippen molar-refractivity contribution in [2.75, 3.05) is 4.90 Å². The van der Waals surface area contributed by atoms with Gasteiger partial charge in [0.2, 0.25) is 0 Å². The minimum atomic E-state index is -0.865. The Balaban J connectivity index is 1.58. The van der Waals surface area contributed by atoms with E-state index >= 15 is 0 Å². The molecule has 0 radical (unpaired) electrons. The number of carbonyl (C=O) groups is 3. The van der Waals surface area contributed by atoms with Crippen molar-refractivity contribution in [3.63, 3.8) is 0 Å². The number of barbiturate groups is 1. The van der Waals surface area contributed by atoms with E-state index in [0.717, 1.165) is 16.0 Å². The van der Waals surface area contributed by atoms with Crippen molar-refractivity contribution in [3.8, 4) is 5.75 Å². The second kappa shape index (κ2) is 9.48. The predicted octanol–water partition coefficient (Wildman–Crippen LogP) is 5.55. The van der Waals surface area contributed by atoms with Crippen molar-refractivity contribution in [1.82, 2.24) is 5.32 Å². The van der Waals surface area contributed by atoms with Gasteiger partial charge < -0.3 is 4.74 Å². The molecule has 0 saturated carbocycles. The number of imide groups is 2. The van der Waals surface area contributed by atoms with E-state index in [0.29, 0.717) is 17.9 Å². The number of amides is 4. The number of ether oxygens (including phenoxy) is 1. The van der Waals surface area contributed by atoms with Crippen LogP contribution in [0.5, 0.6) is 5.75 Å². The van der Waals surface area contributed by atoms with Crippen LogP contribution in [0.3, 0.4) is 0 Å². The topological polar surface area (TPSA) is 75.7 Å². The Morgan fingerprint density at radius 2 is 1.70 bits per heavy atom. The molecule has 3 aromatic rings. The van der Waals surface area contributed by atoms with Crippen LogP contribution in [0.1, 0.15) is 16.7 Å². The van der Waals surface area contributed by atoms with E-state index in [2.05, 4.69) is 5.32 Å². The SMILES string of the molecule is Cc1ccc(COc2cccc(C=C3C(=O)NC(=O)N(c4ccc(Cl)c(Cl)c4)C3=O)c2)cc1. The average molecular weight is 481 g/mol. The van der Waals surface area contributed by atoms with Gasteiger partial charge in [0.05, 0.1) is 15.7 Å². The van der Waals surface area contributed by atoms with Crippen LogP contribution in [0.15, 0.2) is 72.3 Å². The smallest absolute Gasteiger partial charge is 0.335 e. The summed E-state index contributed by atoms with van der Waals surface area (Å²) < 4.78 is 5.84. The molecular weight excluding hydrogens is 463 g/mol. The molecule has 1 aliphatic rings. The first-order valence-electron chi connectivity index (χ1n) is 9.97. The molecule has 0 atom stereocenters. The molecule has 4 amide bonds. The number of nitrogens with zero attached hydrogens (tertiary/aromatic N) is 1. The number of aryl methyl sites for hydroxylation is 1. The first-order valence-corrected chi connectivity index (χ1v) is 10.7. The molecule has 1 N–H and O–H groups in total. The van der Waals surface area contributed by atoms with Crippen molar-refractivity contribution in [2.45, 2.75) is 13.5 Å². The van der Waals surface area contributed by atoms with Gasteiger partial charge in [-0.15, -0.1) is 0 Å². The molecule has 166 valence electrons. The third kappa shape index (κ3) is 5.08. The summed E-state index contributed by atoms with van der Waals surface area (Å²) in [7, 11) is 0. The van der Waals surface area contributed by atoms with Crippen LogP contribution in [0, 0.1) is 6.92 Å². The lowest BCUT2D eigenvalue weighted by atomic mass is 10.1. The molecule has 3 aromatic carbocycles. The van der Waals surface area contributed by atoms with E-state index < -0.39 is 17.8 Å². The second-order valence-electron chi connectivity index (χ2n) is 7.40. The highest BCUT2D eigenvalue weighted by molar-refractivity contribution is 6.43. The molecule has 0 aliphatic carbocycles. The summed E-state index contributed by atoms with van der Waals surface area (Å²) in [5.41, 5.74) is 2.74. The number of nitrogens with one attached hydrogen (secondary N) is 1. The Morgan fingerprint density at radius 1 is 0.939 bits per heavy atom. The first kappa shape index (κ1) is 22.6. The molecule has 1 heterocycles. The standard InChI is InChI=1S/C25H18Cl2N2O4/c1-15-5-7-16(8-6-15)14-33-19-4-2-3-17(11-19)12-20-23(30)28-25(32)29(24(20)31)18-9-10-21(26)22(27)13-18/h2-13H,14H2,1H3,(H,28,30,32). The largest absolute Gasteiger partial charge is 0.489 e. The first-order chi connectivity index (χ1) is 15.8. The van der Waals surface area contributed by atoms with Gasteiger partial charge in [-0.25, -0.2) is 9.69 Å². The van der Waals surface area contributed by atoms with Crippen LogP contribution >= 0.6 is 23.2 Å². The zero-order valence-corrected chi connectivity index (χ0v) is 19.0. The third-order valence-electron chi connectivity index (χ3n) is 4.96. The second-order valence-corrected chi connectivity index (χ2v) is 8.22. The van der Waals surface area contributed by atoms with Gasteiger partial charge in [-0.05, 0) is 54.5 Å². The van der Waals surface area contributed by atoms with Crippen LogP contribution in [-0.4, -0.2) is 17.8 Å². The summed E-state index contributed by atoms with van der Waals surface area (Å²) in [6.07, 6.45) is 1.41. The molecule has 4 rings (SSSR count). The molecule has 0 bridgehead atoms. The lowest BCUT2D eigenvalue weighted by Crippen LogP contribution is -2.54. The summed E-state index contributed by atoms with van der Waals surface area (Å²) in [6.45, 7) is 2.39. The molecule has 1 saturated heterocycles. The van der Waals surface area contributed by atoms with Crippen LogP contribution in [0.25, 0.3) is 6.08 Å². The maximum atomic E-state index is 13.0. The highest BCUT2D eigenvalue weighted by Gasteiger charge is 2.37. The van der Waals surface area contributed by atoms with E-state index in [1.807, 2.05) is 31.2 Å². The molecule has 33 heavy (non-hydrogen) atoms. The van der Waals surface area contributed by atoms with E-state index in [-0.39, 0.29) is 21.3 Å². The van der Waals surface area contributed by atoms with Gasteiger partial charge in [0.25, 0.3) is 11.8 Å². The Kier molecular flexibility index (Phi) is 6.49. The summed E-state index contributed by atoms with van der Waals surface area (Å²) in [5, 5.41) is 2.63. The molecule has 0 spiro atoms. The van der Waals surface area contributed by atoms with Crippen LogP contribution in [-0.2, 0) is 16.2 Å². The number of halogens is 2. The Labute approximate surface area is 200 Å². The molecule has 0 unspecified atom stereocenters. The molecule has 1 aliphatic heterocycles. The summed E-state index contributed by atoms with van der Waals surface area (Å²) in [6, 6.07) is 18.4. The van der Waals surface area contributed by atoms with Crippen LogP contribution in [0.2, 0.25) is 10.0 Å². The lowest BCUT2D eigenvalue weighted by Gasteiger charge is -2.26. The summed E-state index contributed by atoms with van der Waals surface area (Å²) in [4.78, 5) is 38.6. The molecule has 8 heteroatoms. The van der Waals surface area contributed by atoms with Crippen molar-refractivity contribution >= 4 is 52.8 Å². The number of anilines is 1. The number of benzene rings is 3. The average Bonchev–Trinajstić information content (AvgIpc) is 2.79. The highest BCUT2D eigenvalue weighted by atomic mass is 35.5. The van der Waals surface area contributed by atoms with E-state index in [9.17, 15) is 14.4 Å². The van der Waals surface area contributed by atoms with Crippen LogP contribution < -0.4 is 15.0 Å². The van der Waals surface area contributed by atoms with Crippen molar-refractivity contribution in [2.24, 2.45) is 0 Å². The number of hydrogen-bond acceptors (Lipinski definition) is 4. The maximum absolute atomic E-state index is 13.0. The van der Waals surface area contributed by atoms with E-state index in [4.69, 9.17) is 27.9 Å². The fraction of sp³-hybridized carbons (Fsp3) is 0.0800. The molecule has 6 nitrogen and oxygen atoms in total. The fourth-order valence-corrected chi connectivity index (χ4v) is 3.52. The quantitative estimate of drug-likeness (QED) is 0.383. The number of hydrogen-bond donors (Lipinski definition) is 1. The minimum Gasteiger partial charge on any atom is -0.489 e.